The molecule has 7 heteroatoms. The summed E-state index contributed by atoms with van der Waals surface area (Å²) in [5.74, 6) is 2.96. The molecule has 0 bridgehead atoms. The number of hydrogen-bond donors (Lipinski definition) is 1. The van der Waals surface area contributed by atoms with Crippen molar-refractivity contribution in [2.45, 2.75) is 44.3 Å². The average Bonchev–Trinajstić information content (AvgIpc) is 3.19. The first-order chi connectivity index (χ1) is 11.6. The molecule has 0 aromatic carbocycles. The summed E-state index contributed by atoms with van der Waals surface area (Å²) < 4.78 is 7.20. The summed E-state index contributed by atoms with van der Waals surface area (Å²) in [5.41, 5.74) is 0. The molecule has 2 aromatic heterocycles. The van der Waals surface area contributed by atoms with Crippen LogP contribution in [0.1, 0.15) is 33.1 Å². The molecule has 1 aliphatic rings. The van der Waals surface area contributed by atoms with Crippen molar-refractivity contribution in [2.24, 2.45) is 18.9 Å². The van der Waals surface area contributed by atoms with E-state index in [2.05, 4.69) is 29.4 Å². The molecular formula is C17H24N4O2S. The standard InChI is InChI=1S/C17H24N4O2S/c1-11-6-4-7-13(12(11)2)18-15(22)10-24-17-20-19-16(21(17)3)14-8-5-9-23-14/h5,8-9,11-13H,4,6-7,10H2,1-3H3,(H,18,22)/t11-,12-,13-/m1/s1. The highest BCUT2D eigenvalue weighted by atomic mass is 32.2. The topological polar surface area (TPSA) is 73.0 Å². The Labute approximate surface area is 146 Å². The summed E-state index contributed by atoms with van der Waals surface area (Å²) in [4.78, 5) is 12.3. The zero-order valence-corrected chi connectivity index (χ0v) is 15.2. The lowest BCUT2D eigenvalue weighted by Gasteiger charge is -2.34. The van der Waals surface area contributed by atoms with Gasteiger partial charge in [0.2, 0.25) is 5.91 Å². The lowest BCUT2D eigenvalue weighted by atomic mass is 9.78. The fraction of sp³-hybridized carbons (Fsp3) is 0.588. The molecule has 0 aliphatic heterocycles. The molecule has 0 radical (unpaired) electrons. The molecule has 3 rings (SSSR count). The summed E-state index contributed by atoms with van der Waals surface area (Å²) in [7, 11) is 1.88. The van der Waals surface area contributed by atoms with E-state index in [1.54, 1.807) is 6.26 Å². The van der Waals surface area contributed by atoms with Crippen molar-refractivity contribution < 1.29 is 9.21 Å². The Bertz CT molecular complexity index is 683. The van der Waals surface area contributed by atoms with Crippen LogP contribution >= 0.6 is 11.8 Å². The Morgan fingerprint density at radius 2 is 2.25 bits per heavy atom. The van der Waals surface area contributed by atoms with E-state index >= 15 is 0 Å². The van der Waals surface area contributed by atoms with Gasteiger partial charge in [-0.1, -0.05) is 38.5 Å². The second kappa shape index (κ2) is 7.42. The minimum atomic E-state index is 0.0634. The molecule has 2 aromatic rings. The van der Waals surface area contributed by atoms with E-state index in [0.29, 0.717) is 40.4 Å². The van der Waals surface area contributed by atoms with Gasteiger partial charge in [-0.15, -0.1) is 10.2 Å². The predicted octanol–water partition coefficient (Wildman–Crippen LogP) is 3.11. The molecule has 1 saturated carbocycles. The van der Waals surface area contributed by atoms with E-state index in [9.17, 15) is 4.79 Å². The molecule has 0 unspecified atom stereocenters. The fourth-order valence-corrected chi connectivity index (χ4v) is 3.95. The van der Waals surface area contributed by atoms with Crippen LogP contribution in [0.4, 0.5) is 0 Å². The summed E-state index contributed by atoms with van der Waals surface area (Å²) in [6.45, 7) is 4.51. The van der Waals surface area contributed by atoms with Crippen LogP contribution in [0.15, 0.2) is 28.0 Å². The summed E-state index contributed by atoms with van der Waals surface area (Å²) in [5, 5.41) is 12.2. The third-order valence-electron chi connectivity index (χ3n) is 4.96. The molecule has 1 N–H and O–H groups in total. The largest absolute Gasteiger partial charge is 0.461 e. The second-order valence-corrected chi connectivity index (χ2v) is 7.51. The molecule has 1 fully saturated rings. The van der Waals surface area contributed by atoms with Gasteiger partial charge in [0, 0.05) is 13.1 Å². The van der Waals surface area contributed by atoms with Crippen molar-refractivity contribution in [2.75, 3.05) is 5.75 Å². The zero-order valence-electron chi connectivity index (χ0n) is 14.4. The van der Waals surface area contributed by atoms with Crippen LogP contribution in [-0.4, -0.2) is 32.5 Å². The van der Waals surface area contributed by atoms with Gasteiger partial charge in [0.1, 0.15) is 0 Å². The van der Waals surface area contributed by atoms with E-state index < -0.39 is 0 Å². The lowest BCUT2D eigenvalue weighted by Crippen LogP contribution is -2.44. The summed E-state index contributed by atoms with van der Waals surface area (Å²) in [6.07, 6.45) is 5.14. The van der Waals surface area contributed by atoms with Crippen molar-refractivity contribution in [1.82, 2.24) is 20.1 Å². The zero-order chi connectivity index (χ0) is 17.1. The summed E-state index contributed by atoms with van der Waals surface area (Å²) in [6, 6.07) is 3.95. The normalized spacial score (nSPS) is 24.0. The first-order valence-corrected chi connectivity index (χ1v) is 9.40. The number of rotatable bonds is 5. The third kappa shape index (κ3) is 3.66. The molecule has 24 heavy (non-hydrogen) atoms. The Hall–Kier alpha value is -1.76. The molecular weight excluding hydrogens is 324 g/mol. The maximum absolute atomic E-state index is 12.3. The first kappa shape index (κ1) is 17.1. The van der Waals surface area contributed by atoms with Crippen LogP contribution in [0.5, 0.6) is 0 Å². The van der Waals surface area contributed by atoms with Crippen molar-refractivity contribution >= 4 is 17.7 Å². The van der Waals surface area contributed by atoms with Crippen LogP contribution in [0.25, 0.3) is 11.6 Å². The van der Waals surface area contributed by atoms with Gasteiger partial charge in [-0.25, -0.2) is 0 Å². The molecule has 3 atom stereocenters. The number of hydrogen-bond acceptors (Lipinski definition) is 5. The number of carbonyl (C=O) groups excluding carboxylic acids is 1. The van der Waals surface area contributed by atoms with Crippen LogP contribution in [-0.2, 0) is 11.8 Å². The van der Waals surface area contributed by atoms with Crippen LogP contribution in [0.3, 0.4) is 0 Å². The average molecular weight is 348 g/mol. The minimum absolute atomic E-state index is 0.0634. The van der Waals surface area contributed by atoms with Gasteiger partial charge in [0.25, 0.3) is 0 Å². The van der Waals surface area contributed by atoms with Crippen molar-refractivity contribution in [1.29, 1.82) is 0 Å². The number of aromatic nitrogens is 3. The van der Waals surface area contributed by atoms with Crippen LogP contribution in [0, 0.1) is 11.8 Å². The maximum atomic E-state index is 12.3. The van der Waals surface area contributed by atoms with Crippen LogP contribution in [0.2, 0.25) is 0 Å². The van der Waals surface area contributed by atoms with Crippen LogP contribution < -0.4 is 5.32 Å². The molecule has 0 spiro atoms. The highest BCUT2D eigenvalue weighted by Gasteiger charge is 2.28. The molecule has 1 aliphatic carbocycles. The number of furan rings is 1. The Morgan fingerprint density at radius 3 is 3.00 bits per heavy atom. The van der Waals surface area contributed by atoms with Crippen molar-refractivity contribution in [3.05, 3.63) is 18.4 Å². The summed E-state index contributed by atoms with van der Waals surface area (Å²) >= 11 is 1.40. The first-order valence-electron chi connectivity index (χ1n) is 8.41. The Kier molecular flexibility index (Phi) is 5.28. The minimum Gasteiger partial charge on any atom is -0.461 e. The van der Waals surface area contributed by atoms with E-state index in [1.807, 2.05) is 23.7 Å². The second-order valence-electron chi connectivity index (χ2n) is 6.57. The number of nitrogens with one attached hydrogen (secondary N) is 1. The smallest absolute Gasteiger partial charge is 0.230 e. The van der Waals surface area contributed by atoms with Gasteiger partial charge < -0.3 is 14.3 Å². The molecule has 6 nitrogen and oxygen atoms in total. The molecule has 130 valence electrons. The number of thioether (sulfide) groups is 1. The predicted molar refractivity (Wildman–Crippen MR) is 93.5 cm³/mol. The highest BCUT2D eigenvalue weighted by Crippen LogP contribution is 2.29. The number of nitrogens with zero attached hydrogens (tertiary/aromatic N) is 3. The Balaban J connectivity index is 1.55. The van der Waals surface area contributed by atoms with E-state index in [0.717, 1.165) is 6.42 Å². The van der Waals surface area contributed by atoms with Gasteiger partial charge >= 0.3 is 0 Å². The van der Waals surface area contributed by atoms with Gasteiger partial charge in [-0.3, -0.25) is 4.79 Å². The Morgan fingerprint density at radius 1 is 1.42 bits per heavy atom. The van der Waals surface area contributed by atoms with Crippen molar-refractivity contribution in [3.8, 4) is 11.6 Å². The van der Waals surface area contributed by atoms with E-state index in [-0.39, 0.29) is 5.91 Å². The quantitative estimate of drug-likeness (QED) is 0.841. The van der Waals surface area contributed by atoms with Crippen molar-refractivity contribution in [3.63, 3.8) is 0 Å². The molecule has 0 saturated heterocycles. The maximum Gasteiger partial charge on any atom is 0.230 e. The SMILES string of the molecule is C[C@@H]1[C@H](C)CCC[C@H]1NC(=O)CSc1nnc(-c2ccco2)n1C. The number of carbonyl (C=O) groups is 1. The van der Waals surface area contributed by atoms with Gasteiger partial charge in [-0.2, -0.15) is 0 Å². The molecule has 2 heterocycles. The highest BCUT2D eigenvalue weighted by molar-refractivity contribution is 7.99. The van der Waals surface area contributed by atoms with E-state index in [4.69, 9.17) is 4.42 Å². The van der Waals surface area contributed by atoms with Gasteiger partial charge in [-0.05, 0) is 30.4 Å². The monoisotopic (exact) mass is 348 g/mol. The van der Waals surface area contributed by atoms with Gasteiger partial charge in [0.15, 0.2) is 16.7 Å². The molecule has 1 amide bonds. The third-order valence-corrected chi connectivity index (χ3v) is 5.98. The van der Waals surface area contributed by atoms with Gasteiger partial charge in [0.05, 0.1) is 12.0 Å². The fourth-order valence-electron chi connectivity index (χ4n) is 3.23. The lowest BCUT2D eigenvalue weighted by molar-refractivity contribution is -0.120. The van der Waals surface area contributed by atoms with E-state index in [1.165, 1.54) is 24.6 Å². The number of amides is 1.